The summed E-state index contributed by atoms with van der Waals surface area (Å²) in [6.45, 7) is 6.00. The molecule has 2 heteroatoms. The number of rotatable bonds is 6. The van der Waals surface area contributed by atoms with Crippen molar-refractivity contribution in [3.63, 3.8) is 0 Å². The molecule has 0 saturated carbocycles. The van der Waals surface area contributed by atoms with Crippen molar-refractivity contribution in [3.05, 3.63) is 36.3 Å². The van der Waals surface area contributed by atoms with Crippen LogP contribution in [0.25, 0.3) is 0 Å². The third kappa shape index (κ3) is 8.73. The number of hydrogen-bond donors (Lipinski definition) is 2. The molecule has 0 aliphatic rings. The van der Waals surface area contributed by atoms with E-state index in [0.29, 0.717) is 0 Å². The maximum absolute atomic E-state index is 8.42. The van der Waals surface area contributed by atoms with E-state index in [0.717, 1.165) is 18.4 Å². The molecule has 0 spiro atoms. The van der Waals surface area contributed by atoms with Gasteiger partial charge in [-0.25, -0.2) is 0 Å². The fourth-order valence-electron chi connectivity index (χ4n) is 0.956. The third-order valence-electron chi connectivity index (χ3n) is 1.68. The Morgan fingerprint density at radius 1 is 1.31 bits per heavy atom. The van der Waals surface area contributed by atoms with Gasteiger partial charge in [0.2, 0.25) is 0 Å². The van der Waals surface area contributed by atoms with Gasteiger partial charge in [0.25, 0.3) is 5.95 Å². The van der Waals surface area contributed by atoms with Crippen LogP contribution < -0.4 is 0 Å². The van der Waals surface area contributed by atoms with Crippen molar-refractivity contribution >= 4 is 0 Å². The fraction of sp³-hybridized carbons (Fsp3) is 0.455. The van der Waals surface area contributed by atoms with Gasteiger partial charge < -0.3 is 10.2 Å². The lowest BCUT2D eigenvalue weighted by molar-refractivity contribution is 0.191. The van der Waals surface area contributed by atoms with Crippen molar-refractivity contribution in [2.45, 2.75) is 32.6 Å². The second kappa shape index (κ2) is 7.47. The van der Waals surface area contributed by atoms with Crippen molar-refractivity contribution in [2.24, 2.45) is 0 Å². The summed E-state index contributed by atoms with van der Waals surface area (Å²) >= 11 is 0. The summed E-state index contributed by atoms with van der Waals surface area (Å²) in [6, 6.07) is 0. The first-order valence-electron chi connectivity index (χ1n) is 4.61. The summed E-state index contributed by atoms with van der Waals surface area (Å²) in [5, 5.41) is 16.8. The van der Waals surface area contributed by atoms with E-state index in [-0.39, 0.29) is 0 Å². The van der Waals surface area contributed by atoms with E-state index >= 15 is 0 Å². The molecule has 2 N–H and O–H groups in total. The van der Waals surface area contributed by atoms with Crippen LogP contribution in [0.15, 0.2) is 36.3 Å². The highest BCUT2D eigenvalue weighted by atomic mass is 16.5. The van der Waals surface area contributed by atoms with Gasteiger partial charge in [-0.2, -0.15) is 0 Å². The van der Waals surface area contributed by atoms with E-state index in [2.05, 4.69) is 13.5 Å². The molecule has 0 aromatic rings. The zero-order valence-electron chi connectivity index (χ0n) is 8.16. The molecule has 0 rings (SSSR count). The summed E-state index contributed by atoms with van der Waals surface area (Å²) in [4.78, 5) is 0. The van der Waals surface area contributed by atoms with Gasteiger partial charge in [-0.3, -0.25) is 0 Å². The van der Waals surface area contributed by atoms with Crippen molar-refractivity contribution in [1.82, 2.24) is 0 Å². The highest BCUT2D eigenvalue weighted by Crippen LogP contribution is 2.07. The Kier molecular flexibility index (Phi) is 6.79. The lowest BCUT2D eigenvalue weighted by Gasteiger charge is -1.97. The predicted octanol–water partition coefficient (Wildman–Crippen LogP) is 3.64. The minimum absolute atomic E-state index is 0.669. The number of allylic oxidation sites excluding steroid dienone is 4. The summed E-state index contributed by atoms with van der Waals surface area (Å²) < 4.78 is 0. The molecule has 0 aromatic heterocycles. The molecule has 2 nitrogen and oxygen atoms in total. The molecule has 0 fully saturated rings. The van der Waals surface area contributed by atoms with E-state index in [4.69, 9.17) is 10.2 Å². The Morgan fingerprint density at radius 2 is 2.00 bits per heavy atom. The van der Waals surface area contributed by atoms with E-state index in [1.807, 2.05) is 0 Å². The van der Waals surface area contributed by atoms with Gasteiger partial charge in [-0.15, -0.1) is 0 Å². The van der Waals surface area contributed by atoms with Crippen LogP contribution in [-0.2, 0) is 0 Å². The van der Waals surface area contributed by atoms with Gasteiger partial charge in [0.1, 0.15) is 0 Å². The van der Waals surface area contributed by atoms with Crippen molar-refractivity contribution < 1.29 is 10.2 Å². The lowest BCUT2D eigenvalue weighted by atomic mass is 10.1. The Balaban J connectivity index is 3.62. The molecule has 0 unspecified atom stereocenters. The van der Waals surface area contributed by atoms with Crippen LogP contribution in [0.5, 0.6) is 0 Å². The van der Waals surface area contributed by atoms with Crippen molar-refractivity contribution in [2.75, 3.05) is 0 Å². The molecule has 0 aliphatic carbocycles. The first-order valence-corrected chi connectivity index (χ1v) is 4.61. The Hall–Kier alpha value is -1.18. The minimum atomic E-state index is -0.669. The van der Waals surface area contributed by atoms with Gasteiger partial charge in [-0.1, -0.05) is 44.1 Å². The maximum Gasteiger partial charge on any atom is 0.274 e. The zero-order chi connectivity index (χ0) is 10.1. The van der Waals surface area contributed by atoms with Crippen molar-refractivity contribution in [1.29, 1.82) is 0 Å². The molecule has 0 aromatic carbocycles. The molecule has 0 aliphatic heterocycles. The highest BCUT2D eigenvalue weighted by molar-refractivity contribution is 5.18. The lowest BCUT2D eigenvalue weighted by Crippen LogP contribution is -1.78. The van der Waals surface area contributed by atoms with E-state index < -0.39 is 5.95 Å². The SMILES string of the molecule is C=C(/C=C\C=C(O)O)CCCCC. The average Bonchev–Trinajstić information content (AvgIpc) is 2.04. The second-order valence-electron chi connectivity index (χ2n) is 3.00. The molecular weight excluding hydrogens is 164 g/mol. The molecule has 13 heavy (non-hydrogen) atoms. The molecule has 0 heterocycles. The summed E-state index contributed by atoms with van der Waals surface area (Å²) in [7, 11) is 0. The first kappa shape index (κ1) is 11.8. The number of hydrogen-bond acceptors (Lipinski definition) is 2. The zero-order valence-corrected chi connectivity index (χ0v) is 8.16. The van der Waals surface area contributed by atoms with Gasteiger partial charge in [0.05, 0.1) is 0 Å². The van der Waals surface area contributed by atoms with Crippen LogP contribution in [-0.4, -0.2) is 10.2 Å². The topological polar surface area (TPSA) is 40.5 Å². The van der Waals surface area contributed by atoms with Gasteiger partial charge in [0, 0.05) is 6.08 Å². The molecule has 0 bridgehead atoms. The van der Waals surface area contributed by atoms with Crippen LogP contribution in [0.2, 0.25) is 0 Å². The summed E-state index contributed by atoms with van der Waals surface area (Å²) in [6.07, 6.45) is 9.15. The van der Waals surface area contributed by atoms with E-state index in [1.54, 1.807) is 12.2 Å². The highest BCUT2D eigenvalue weighted by Gasteiger charge is 1.88. The van der Waals surface area contributed by atoms with Gasteiger partial charge in [0.15, 0.2) is 0 Å². The van der Waals surface area contributed by atoms with Gasteiger partial charge >= 0.3 is 0 Å². The average molecular weight is 182 g/mol. The Labute approximate surface area is 79.9 Å². The van der Waals surface area contributed by atoms with Crippen molar-refractivity contribution in [3.8, 4) is 0 Å². The maximum atomic E-state index is 8.42. The molecular formula is C11H18O2. The standard InChI is InChI=1S/C11H18O2/c1-3-4-5-7-10(2)8-6-9-11(12)13/h6,8-9,12-13H,2-5,7H2,1H3/b8-6-. The smallest absolute Gasteiger partial charge is 0.274 e. The van der Waals surface area contributed by atoms with Crippen LogP contribution in [0.3, 0.4) is 0 Å². The molecule has 74 valence electrons. The first-order chi connectivity index (χ1) is 6.16. The van der Waals surface area contributed by atoms with Crippen LogP contribution >= 0.6 is 0 Å². The molecule has 0 atom stereocenters. The molecule has 0 amide bonds. The fourth-order valence-corrected chi connectivity index (χ4v) is 0.956. The monoisotopic (exact) mass is 182 g/mol. The number of unbranched alkanes of at least 4 members (excludes halogenated alkanes) is 2. The van der Waals surface area contributed by atoms with Crippen LogP contribution in [0.4, 0.5) is 0 Å². The van der Waals surface area contributed by atoms with Crippen LogP contribution in [0, 0.1) is 0 Å². The summed E-state index contributed by atoms with van der Waals surface area (Å²) in [5.74, 6) is -0.669. The molecule has 0 radical (unpaired) electrons. The number of aliphatic hydroxyl groups is 2. The Morgan fingerprint density at radius 3 is 2.54 bits per heavy atom. The third-order valence-corrected chi connectivity index (χ3v) is 1.68. The second-order valence-corrected chi connectivity index (χ2v) is 3.00. The van der Waals surface area contributed by atoms with Crippen LogP contribution in [0.1, 0.15) is 32.6 Å². The van der Waals surface area contributed by atoms with E-state index in [9.17, 15) is 0 Å². The minimum Gasteiger partial charge on any atom is -0.481 e. The van der Waals surface area contributed by atoms with E-state index in [1.165, 1.54) is 18.9 Å². The molecule has 0 saturated heterocycles. The summed E-state index contributed by atoms with van der Waals surface area (Å²) in [5.41, 5.74) is 1.02. The quantitative estimate of drug-likeness (QED) is 0.374. The number of aliphatic hydroxyl groups excluding tert-OH is 1. The van der Waals surface area contributed by atoms with Gasteiger partial charge in [-0.05, 0) is 12.8 Å². The Bertz CT molecular complexity index is 198. The predicted molar refractivity (Wildman–Crippen MR) is 55.8 cm³/mol. The largest absolute Gasteiger partial charge is 0.481 e. The normalized spacial score (nSPS) is 10.2.